The van der Waals surface area contributed by atoms with Crippen LogP contribution in [0.2, 0.25) is 5.02 Å². The summed E-state index contributed by atoms with van der Waals surface area (Å²) in [6, 6.07) is 1.14. The van der Waals surface area contributed by atoms with E-state index in [2.05, 4.69) is 4.98 Å². The molecule has 0 aliphatic heterocycles. The van der Waals surface area contributed by atoms with E-state index < -0.39 is 21.6 Å². The molecule has 0 saturated carbocycles. The van der Waals surface area contributed by atoms with Gasteiger partial charge in [-0.3, -0.25) is 4.79 Å². The number of imidazole rings is 1. The van der Waals surface area contributed by atoms with Crippen LogP contribution in [0.15, 0.2) is 33.0 Å². The molecule has 1 amide bonds. The van der Waals surface area contributed by atoms with Gasteiger partial charge in [-0.1, -0.05) is 24.9 Å². The summed E-state index contributed by atoms with van der Waals surface area (Å²) in [5.41, 5.74) is 5.05. The number of primary amides is 1. The van der Waals surface area contributed by atoms with Gasteiger partial charge in [0.15, 0.2) is 0 Å². The lowest BCUT2D eigenvalue weighted by Crippen LogP contribution is -2.26. The number of rotatable bonds is 7. The highest BCUT2D eigenvalue weighted by Crippen LogP contribution is 2.37. The number of hydrogen-bond acceptors (Lipinski definition) is 5. The lowest BCUT2D eigenvalue weighted by Gasteiger charge is -2.17. The number of H-pyrrole nitrogens is 1. The van der Waals surface area contributed by atoms with Crippen LogP contribution in [-0.2, 0) is 16.4 Å². The molecule has 7 nitrogen and oxygen atoms in total. The van der Waals surface area contributed by atoms with Gasteiger partial charge >= 0.3 is 5.69 Å². The lowest BCUT2D eigenvalue weighted by molar-refractivity contribution is 0.1000. The van der Waals surface area contributed by atoms with Crippen molar-refractivity contribution < 1.29 is 13.2 Å². The Morgan fingerprint density at radius 1 is 1.44 bits per heavy atom. The molecule has 0 fully saturated rings. The van der Waals surface area contributed by atoms with Crippen molar-refractivity contribution in [2.45, 2.75) is 36.0 Å². The van der Waals surface area contributed by atoms with Gasteiger partial charge in [0.1, 0.15) is 4.90 Å². The van der Waals surface area contributed by atoms with Gasteiger partial charge in [-0.25, -0.2) is 13.2 Å². The van der Waals surface area contributed by atoms with Crippen molar-refractivity contribution in [3.63, 3.8) is 0 Å². The Hall–Kier alpha value is -1.71. The standard InChI is InChI=1S/C15H18ClN3O4S2/c1-3-4-5-9-12(16)10(14(17)20)8-11(13(9)24-2)25(22,23)19-7-6-18-15(19)21/h6-8H,3-5H2,1-2H3,(H2,17,20)(H,18,21). The quantitative estimate of drug-likeness (QED) is 0.688. The number of thioether (sulfide) groups is 1. The Morgan fingerprint density at radius 3 is 2.60 bits per heavy atom. The van der Waals surface area contributed by atoms with Gasteiger partial charge in [-0.05, 0) is 30.7 Å². The molecule has 0 aliphatic rings. The average molecular weight is 404 g/mol. The topological polar surface area (TPSA) is 115 Å². The van der Waals surface area contributed by atoms with Gasteiger partial charge < -0.3 is 10.7 Å². The molecular weight excluding hydrogens is 386 g/mol. The molecule has 0 aliphatic carbocycles. The molecule has 25 heavy (non-hydrogen) atoms. The summed E-state index contributed by atoms with van der Waals surface area (Å²) in [6.07, 6.45) is 6.18. The second kappa shape index (κ2) is 7.67. The Labute approximate surface area is 154 Å². The first-order valence-corrected chi connectivity index (χ1v) is 10.5. The molecule has 0 spiro atoms. The van der Waals surface area contributed by atoms with Gasteiger partial charge in [0.2, 0.25) is 5.91 Å². The summed E-state index contributed by atoms with van der Waals surface area (Å²) >= 11 is 7.51. The summed E-state index contributed by atoms with van der Waals surface area (Å²) in [5.74, 6) is -0.826. The molecule has 3 N–H and O–H groups in total. The summed E-state index contributed by atoms with van der Waals surface area (Å²) in [4.78, 5) is 26.1. The molecule has 0 saturated heterocycles. The predicted molar refractivity (Wildman–Crippen MR) is 98.0 cm³/mol. The number of amides is 1. The highest BCUT2D eigenvalue weighted by molar-refractivity contribution is 7.99. The van der Waals surface area contributed by atoms with Crippen LogP contribution in [0.4, 0.5) is 0 Å². The Bertz CT molecular complexity index is 964. The Kier molecular flexibility index (Phi) is 6.02. The van der Waals surface area contributed by atoms with E-state index in [0.717, 1.165) is 25.1 Å². The van der Waals surface area contributed by atoms with Crippen LogP contribution < -0.4 is 11.4 Å². The predicted octanol–water partition coefficient (Wildman–Crippen LogP) is 2.23. The van der Waals surface area contributed by atoms with Crippen LogP contribution in [0.3, 0.4) is 0 Å². The summed E-state index contributed by atoms with van der Waals surface area (Å²) in [6.45, 7) is 1.99. The van der Waals surface area contributed by atoms with Crippen molar-refractivity contribution in [1.29, 1.82) is 0 Å². The van der Waals surface area contributed by atoms with Gasteiger partial charge in [-0.15, -0.1) is 11.8 Å². The molecule has 2 aromatic rings. The second-order valence-corrected chi connectivity index (χ2v) is 8.26. The van der Waals surface area contributed by atoms with Crippen molar-refractivity contribution in [3.05, 3.63) is 45.1 Å². The fraction of sp³-hybridized carbons (Fsp3) is 0.333. The van der Waals surface area contributed by atoms with Crippen molar-refractivity contribution >= 4 is 39.3 Å². The zero-order valence-corrected chi connectivity index (χ0v) is 16.1. The van der Waals surface area contributed by atoms with E-state index in [9.17, 15) is 18.0 Å². The van der Waals surface area contributed by atoms with Gasteiger partial charge in [0, 0.05) is 17.3 Å². The third kappa shape index (κ3) is 3.63. The van der Waals surface area contributed by atoms with Crippen molar-refractivity contribution in [1.82, 2.24) is 8.96 Å². The zero-order chi connectivity index (χ0) is 18.8. The fourth-order valence-electron chi connectivity index (χ4n) is 2.45. The van der Waals surface area contributed by atoms with Crippen molar-refractivity contribution in [2.75, 3.05) is 6.26 Å². The zero-order valence-electron chi connectivity index (χ0n) is 13.7. The number of nitrogens with zero attached hydrogens (tertiary/aromatic N) is 1. The van der Waals surface area contributed by atoms with E-state index in [0.29, 0.717) is 20.9 Å². The number of carbonyl (C=O) groups is 1. The maximum absolute atomic E-state index is 12.9. The maximum Gasteiger partial charge on any atom is 0.339 e. The molecule has 0 atom stereocenters. The summed E-state index contributed by atoms with van der Waals surface area (Å²) < 4.78 is 26.5. The van der Waals surface area contributed by atoms with Gasteiger partial charge in [0.05, 0.1) is 10.6 Å². The minimum Gasteiger partial charge on any atom is -0.366 e. The van der Waals surface area contributed by atoms with Crippen LogP contribution in [0.25, 0.3) is 0 Å². The fourth-order valence-corrected chi connectivity index (χ4v) is 5.44. The molecule has 1 heterocycles. The number of aromatic amines is 1. The molecule has 0 radical (unpaired) electrons. The maximum atomic E-state index is 12.9. The van der Waals surface area contributed by atoms with Crippen LogP contribution in [-0.4, -0.2) is 29.5 Å². The summed E-state index contributed by atoms with van der Waals surface area (Å²) in [7, 11) is -4.20. The molecular formula is C15H18ClN3O4S2. The van der Waals surface area contributed by atoms with E-state index >= 15 is 0 Å². The molecule has 1 aromatic carbocycles. The average Bonchev–Trinajstić information content (AvgIpc) is 2.99. The number of aromatic nitrogens is 2. The molecule has 0 unspecified atom stereocenters. The molecule has 0 bridgehead atoms. The number of halogens is 1. The first-order chi connectivity index (χ1) is 11.8. The number of nitrogens with two attached hydrogens (primary N) is 1. The van der Waals surface area contributed by atoms with E-state index in [4.69, 9.17) is 17.3 Å². The Balaban J connectivity index is 2.85. The molecule has 1 aromatic heterocycles. The normalized spacial score (nSPS) is 11.6. The van der Waals surface area contributed by atoms with E-state index in [-0.39, 0.29) is 15.5 Å². The van der Waals surface area contributed by atoms with Crippen LogP contribution >= 0.6 is 23.4 Å². The first kappa shape index (κ1) is 19.6. The van der Waals surface area contributed by atoms with Gasteiger partial charge in [0.25, 0.3) is 10.0 Å². The highest BCUT2D eigenvalue weighted by Gasteiger charge is 2.28. The number of benzene rings is 1. The van der Waals surface area contributed by atoms with E-state index in [1.165, 1.54) is 18.0 Å². The van der Waals surface area contributed by atoms with Crippen LogP contribution in [0, 0.1) is 0 Å². The largest absolute Gasteiger partial charge is 0.366 e. The molecule has 136 valence electrons. The SMILES string of the molecule is CCCCc1c(Cl)c(C(N)=O)cc(S(=O)(=O)n2cc[nH]c2=O)c1SC. The number of carbonyl (C=O) groups excluding carboxylic acids is 1. The number of unbranched alkanes of at least 4 members (excludes halogenated alkanes) is 1. The third-order valence-corrected chi connectivity index (χ3v) is 6.80. The monoisotopic (exact) mass is 403 g/mol. The first-order valence-electron chi connectivity index (χ1n) is 7.46. The van der Waals surface area contributed by atoms with Gasteiger partial charge in [-0.2, -0.15) is 3.97 Å². The van der Waals surface area contributed by atoms with Crippen molar-refractivity contribution in [2.24, 2.45) is 5.73 Å². The van der Waals surface area contributed by atoms with Crippen LogP contribution in [0.5, 0.6) is 0 Å². The van der Waals surface area contributed by atoms with E-state index in [1.54, 1.807) is 6.26 Å². The number of hydrogen-bond donors (Lipinski definition) is 2. The highest BCUT2D eigenvalue weighted by atomic mass is 35.5. The second-order valence-electron chi connectivity index (χ2n) is 5.28. The third-order valence-electron chi connectivity index (χ3n) is 3.68. The van der Waals surface area contributed by atoms with Crippen molar-refractivity contribution in [3.8, 4) is 0 Å². The smallest absolute Gasteiger partial charge is 0.339 e. The molecule has 2 rings (SSSR count). The molecule has 10 heteroatoms. The lowest BCUT2D eigenvalue weighted by atomic mass is 10.0. The minimum atomic E-state index is -4.20. The summed E-state index contributed by atoms with van der Waals surface area (Å²) in [5, 5.41) is 0.158. The van der Waals surface area contributed by atoms with E-state index in [1.807, 2.05) is 6.92 Å². The number of nitrogens with one attached hydrogen (secondary N) is 1. The Morgan fingerprint density at radius 2 is 2.12 bits per heavy atom. The van der Waals surface area contributed by atoms with Crippen LogP contribution in [0.1, 0.15) is 35.7 Å². The minimum absolute atomic E-state index is 0.0762.